The summed E-state index contributed by atoms with van der Waals surface area (Å²) in [4.78, 5) is 9.29. The lowest BCUT2D eigenvalue weighted by molar-refractivity contribution is 0.292. The van der Waals surface area contributed by atoms with E-state index in [-0.39, 0.29) is 0 Å². The molecule has 0 radical (unpaired) electrons. The molecule has 2 aliphatic heterocycles. The van der Waals surface area contributed by atoms with Gasteiger partial charge in [0.2, 0.25) is 0 Å². The Morgan fingerprint density at radius 1 is 1.00 bits per heavy atom. The minimum Gasteiger partial charge on any atom is -0.370 e. The Bertz CT molecular complexity index is 692. The highest BCUT2D eigenvalue weighted by molar-refractivity contribution is 5.38. The summed E-state index contributed by atoms with van der Waals surface area (Å²) in [5.41, 5.74) is 2.66. The Balaban J connectivity index is 1.40. The largest absolute Gasteiger partial charge is 0.370 e. The van der Waals surface area contributed by atoms with Crippen molar-refractivity contribution in [2.75, 3.05) is 37.6 Å². The first-order valence-corrected chi connectivity index (χ1v) is 9.21. The van der Waals surface area contributed by atoms with E-state index in [1.807, 2.05) is 12.3 Å². The van der Waals surface area contributed by atoms with Crippen LogP contribution in [0.3, 0.4) is 0 Å². The molecule has 0 aliphatic carbocycles. The molecular weight excluding hydrogens is 308 g/mol. The summed E-state index contributed by atoms with van der Waals surface area (Å²) in [6.45, 7) is 9.55. The predicted molar refractivity (Wildman–Crippen MR) is 103 cm³/mol. The molecule has 2 saturated heterocycles. The van der Waals surface area contributed by atoms with E-state index in [4.69, 9.17) is 0 Å². The molecule has 0 saturated carbocycles. The normalized spacial score (nSPS) is 23.7. The second-order valence-electron chi connectivity index (χ2n) is 6.89. The predicted octanol–water partition coefficient (Wildman–Crippen LogP) is 2.86. The van der Waals surface area contributed by atoms with Gasteiger partial charge in [-0.3, -0.25) is 0 Å². The van der Waals surface area contributed by atoms with Crippen LogP contribution in [0.2, 0.25) is 0 Å². The molecule has 0 amide bonds. The summed E-state index contributed by atoms with van der Waals surface area (Å²) in [7, 11) is 0. The van der Waals surface area contributed by atoms with Crippen LogP contribution in [0.25, 0.3) is 0 Å². The van der Waals surface area contributed by atoms with Crippen molar-refractivity contribution in [3.05, 3.63) is 72.6 Å². The van der Waals surface area contributed by atoms with Crippen LogP contribution < -0.4 is 10.2 Å². The van der Waals surface area contributed by atoms with Crippen molar-refractivity contribution in [3.8, 4) is 0 Å². The van der Waals surface area contributed by atoms with Gasteiger partial charge in [0.15, 0.2) is 0 Å². The zero-order chi connectivity index (χ0) is 17.1. The van der Waals surface area contributed by atoms with Gasteiger partial charge in [0.25, 0.3) is 0 Å². The highest BCUT2D eigenvalue weighted by Crippen LogP contribution is 2.32. The van der Waals surface area contributed by atoms with Crippen LogP contribution in [-0.2, 0) is 0 Å². The number of anilines is 1. The maximum Gasteiger partial charge on any atom is 0.128 e. The third-order valence-electron chi connectivity index (χ3n) is 5.47. The Hall–Kier alpha value is -2.33. The zero-order valence-electron chi connectivity index (χ0n) is 14.6. The van der Waals surface area contributed by atoms with E-state index in [0.717, 1.165) is 38.5 Å². The van der Waals surface area contributed by atoms with Crippen molar-refractivity contribution in [2.24, 2.45) is 0 Å². The van der Waals surface area contributed by atoms with Gasteiger partial charge < -0.3 is 15.1 Å². The van der Waals surface area contributed by atoms with Crippen LogP contribution in [0, 0.1) is 0 Å². The standard InChI is InChI=1S/C21H26N4/c1-17(21-19(10-12-23-21)18-7-3-2-4-8-18)24-13-15-25(16-14-24)20-9-5-6-11-22-20/h2-9,11,19,21,23H,1,10,12-16H2/t19?,21-/m1/s1. The van der Waals surface area contributed by atoms with Crippen molar-refractivity contribution in [1.82, 2.24) is 15.2 Å². The number of hydrogen-bond acceptors (Lipinski definition) is 4. The first-order valence-electron chi connectivity index (χ1n) is 9.21. The van der Waals surface area contributed by atoms with Crippen molar-refractivity contribution < 1.29 is 0 Å². The molecule has 0 bridgehead atoms. The molecule has 25 heavy (non-hydrogen) atoms. The molecule has 2 aromatic rings. The molecule has 4 heteroatoms. The first-order chi connectivity index (χ1) is 12.3. The van der Waals surface area contributed by atoms with E-state index in [2.05, 4.69) is 69.1 Å². The quantitative estimate of drug-likeness (QED) is 0.932. The molecule has 130 valence electrons. The van der Waals surface area contributed by atoms with Gasteiger partial charge in [-0.1, -0.05) is 43.0 Å². The Morgan fingerprint density at radius 2 is 1.76 bits per heavy atom. The molecular formula is C21H26N4. The Labute approximate surface area is 150 Å². The third-order valence-corrected chi connectivity index (χ3v) is 5.47. The molecule has 0 spiro atoms. The fourth-order valence-corrected chi connectivity index (χ4v) is 4.07. The summed E-state index contributed by atoms with van der Waals surface area (Å²) in [5, 5.41) is 3.68. The second kappa shape index (κ2) is 7.28. The number of piperazine rings is 1. The second-order valence-corrected chi connectivity index (χ2v) is 6.89. The van der Waals surface area contributed by atoms with E-state index in [9.17, 15) is 0 Å². The lowest BCUT2D eigenvalue weighted by atomic mass is 9.90. The van der Waals surface area contributed by atoms with Gasteiger partial charge in [-0.05, 0) is 30.7 Å². The van der Waals surface area contributed by atoms with Crippen LogP contribution in [-0.4, -0.2) is 48.6 Å². The number of pyridine rings is 1. The minimum atomic E-state index is 0.351. The van der Waals surface area contributed by atoms with Crippen molar-refractivity contribution >= 4 is 5.82 Å². The van der Waals surface area contributed by atoms with Crippen molar-refractivity contribution in [2.45, 2.75) is 18.4 Å². The number of nitrogens with one attached hydrogen (secondary N) is 1. The van der Waals surface area contributed by atoms with Crippen LogP contribution in [0.4, 0.5) is 5.82 Å². The number of nitrogens with zero attached hydrogens (tertiary/aromatic N) is 3. The molecule has 1 unspecified atom stereocenters. The van der Waals surface area contributed by atoms with Crippen LogP contribution in [0.1, 0.15) is 17.9 Å². The molecule has 1 aromatic carbocycles. The Kier molecular flexibility index (Phi) is 4.70. The van der Waals surface area contributed by atoms with Gasteiger partial charge in [0.05, 0.1) is 6.04 Å². The van der Waals surface area contributed by atoms with Crippen molar-refractivity contribution in [3.63, 3.8) is 0 Å². The molecule has 1 N–H and O–H groups in total. The number of rotatable bonds is 4. The molecule has 2 fully saturated rings. The topological polar surface area (TPSA) is 31.4 Å². The van der Waals surface area contributed by atoms with Gasteiger partial charge in [-0.15, -0.1) is 0 Å². The van der Waals surface area contributed by atoms with Gasteiger partial charge in [0, 0.05) is 44.0 Å². The number of hydrogen-bond donors (Lipinski definition) is 1. The molecule has 4 rings (SSSR count). The summed E-state index contributed by atoms with van der Waals surface area (Å²) in [6, 6.07) is 17.3. The molecule has 4 nitrogen and oxygen atoms in total. The fraction of sp³-hybridized carbons (Fsp3) is 0.381. The van der Waals surface area contributed by atoms with Crippen LogP contribution in [0.15, 0.2) is 67.0 Å². The SMILES string of the molecule is C=C([C@H]1NCCC1c1ccccc1)N1CCN(c2ccccn2)CC1. The average Bonchev–Trinajstić information content (AvgIpc) is 3.19. The van der Waals surface area contributed by atoms with E-state index in [1.165, 1.54) is 17.7 Å². The highest BCUT2D eigenvalue weighted by atomic mass is 15.3. The van der Waals surface area contributed by atoms with Gasteiger partial charge in [0.1, 0.15) is 5.82 Å². The zero-order valence-corrected chi connectivity index (χ0v) is 14.6. The van der Waals surface area contributed by atoms with E-state index >= 15 is 0 Å². The maximum absolute atomic E-state index is 4.47. The van der Waals surface area contributed by atoms with Gasteiger partial charge in [-0.2, -0.15) is 0 Å². The third kappa shape index (κ3) is 3.40. The number of aromatic nitrogens is 1. The minimum absolute atomic E-state index is 0.351. The Morgan fingerprint density at radius 3 is 2.48 bits per heavy atom. The monoisotopic (exact) mass is 334 g/mol. The average molecular weight is 334 g/mol. The summed E-state index contributed by atoms with van der Waals surface area (Å²) < 4.78 is 0. The molecule has 1 aromatic heterocycles. The van der Waals surface area contributed by atoms with E-state index < -0.39 is 0 Å². The fourth-order valence-electron chi connectivity index (χ4n) is 4.07. The number of benzene rings is 1. The first kappa shape index (κ1) is 16.2. The van der Waals surface area contributed by atoms with E-state index in [0.29, 0.717) is 12.0 Å². The van der Waals surface area contributed by atoms with Crippen LogP contribution in [0.5, 0.6) is 0 Å². The highest BCUT2D eigenvalue weighted by Gasteiger charge is 2.33. The summed E-state index contributed by atoms with van der Waals surface area (Å²) in [6.07, 6.45) is 3.05. The molecule has 3 heterocycles. The van der Waals surface area contributed by atoms with Crippen LogP contribution >= 0.6 is 0 Å². The van der Waals surface area contributed by atoms with E-state index in [1.54, 1.807) is 0 Å². The van der Waals surface area contributed by atoms with Gasteiger partial charge in [-0.25, -0.2) is 4.98 Å². The molecule has 2 atom stereocenters. The van der Waals surface area contributed by atoms with Crippen molar-refractivity contribution in [1.29, 1.82) is 0 Å². The van der Waals surface area contributed by atoms with Gasteiger partial charge >= 0.3 is 0 Å². The lowest BCUT2D eigenvalue weighted by Gasteiger charge is -2.40. The summed E-state index contributed by atoms with van der Waals surface area (Å²) >= 11 is 0. The summed E-state index contributed by atoms with van der Waals surface area (Å²) in [5.74, 6) is 1.61. The maximum atomic E-state index is 4.47. The lowest BCUT2D eigenvalue weighted by Crippen LogP contribution is -2.49. The molecule has 2 aliphatic rings. The smallest absolute Gasteiger partial charge is 0.128 e.